The second-order valence-electron chi connectivity index (χ2n) is 12.5. The van der Waals surface area contributed by atoms with E-state index in [0.29, 0.717) is 37.8 Å². The van der Waals surface area contributed by atoms with Gasteiger partial charge in [0.1, 0.15) is 23.9 Å². The number of nitrogens with zero attached hydrogens (tertiary/aromatic N) is 1. The number of benzene rings is 2. The Morgan fingerprint density at radius 1 is 1.06 bits per heavy atom. The van der Waals surface area contributed by atoms with Crippen molar-refractivity contribution in [2.75, 3.05) is 13.7 Å². The van der Waals surface area contributed by atoms with Crippen LogP contribution in [0.1, 0.15) is 70.1 Å². The van der Waals surface area contributed by atoms with Gasteiger partial charge >= 0.3 is 0 Å². The zero-order valence-corrected chi connectivity index (χ0v) is 28.2. The number of phenols is 1. The molecule has 1 aliphatic heterocycles. The van der Waals surface area contributed by atoms with E-state index in [1.54, 1.807) is 26.2 Å². The fraction of sp³-hybridized carbons (Fsp3) is 0.500. The standard InChI is InChI=1S/C36H51N5O6/c1-6-25-13-9-14-26(20-25)12-7-8-18-31(47-5)24(4)34(44)39-32(23(2)3)35(45)38-30(22-27-15-10-16-28(42)21-27)36(46)41-19-11-17-29(40-41)33(37)43/h7,9-10,12-16,20-21,23-24,29-32,40,42H,6,8,11,17-19,22H2,1-5H3,(H2,37,43)(H,38,45)(H,39,44)/b12-7+. The number of methoxy groups -OCH3 is 1. The minimum atomic E-state index is -1.05. The fourth-order valence-corrected chi connectivity index (χ4v) is 5.68. The molecular weight excluding hydrogens is 598 g/mol. The van der Waals surface area contributed by atoms with E-state index >= 15 is 0 Å². The summed E-state index contributed by atoms with van der Waals surface area (Å²) in [5.41, 5.74) is 11.4. The first kappa shape index (κ1) is 37.2. The number of hydrogen-bond acceptors (Lipinski definition) is 7. The summed E-state index contributed by atoms with van der Waals surface area (Å²) in [6.45, 7) is 7.86. The number of hydrogen-bond donors (Lipinski definition) is 5. The molecule has 1 heterocycles. The van der Waals surface area contributed by atoms with E-state index in [1.807, 2.05) is 19.9 Å². The van der Waals surface area contributed by atoms with Gasteiger partial charge in [-0.3, -0.25) is 24.2 Å². The van der Waals surface area contributed by atoms with E-state index in [9.17, 15) is 24.3 Å². The van der Waals surface area contributed by atoms with Crippen molar-refractivity contribution in [2.24, 2.45) is 17.6 Å². The molecule has 2 aromatic carbocycles. The van der Waals surface area contributed by atoms with Crippen molar-refractivity contribution in [3.05, 3.63) is 71.3 Å². The molecule has 11 heteroatoms. The first-order chi connectivity index (χ1) is 22.4. The van der Waals surface area contributed by atoms with Crippen LogP contribution in [0.4, 0.5) is 0 Å². The number of carbonyl (C=O) groups is 4. The largest absolute Gasteiger partial charge is 0.508 e. The van der Waals surface area contributed by atoms with Crippen LogP contribution in [0, 0.1) is 11.8 Å². The van der Waals surface area contributed by atoms with Gasteiger partial charge in [0, 0.05) is 20.1 Å². The Hall–Kier alpha value is -4.22. The van der Waals surface area contributed by atoms with Crippen LogP contribution in [0.3, 0.4) is 0 Å². The predicted molar refractivity (Wildman–Crippen MR) is 182 cm³/mol. The first-order valence-electron chi connectivity index (χ1n) is 16.5. The molecule has 0 radical (unpaired) electrons. The Balaban J connectivity index is 1.69. The highest BCUT2D eigenvalue weighted by atomic mass is 16.5. The van der Waals surface area contributed by atoms with Crippen LogP contribution < -0.4 is 21.8 Å². The monoisotopic (exact) mass is 649 g/mol. The lowest BCUT2D eigenvalue weighted by Gasteiger charge is -2.35. The van der Waals surface area contributed by atoms with Crippen molar-refractivity contribution in [3.63, 3.8) is 0 Å². The Morgan fingerprint density at radius 2 is 1.79 bits per heavy atom. The van der Waals surface area contributed by atoms with E-state index in [2.05, 4.69) is 53.3 Å². The summed E-state index contributed by atoms with van der Waals surface area (Å²) < 4.78 is 5.68. The lowest BCUT2D eigenvalue weighted by atomic mass is 9.96. The molecule has 47 heavy (non-hydrogen) atoms. The summed E-state index contributed by atoms with van der Waals surface area (Å²) in [6.07, 6.45) is 7.19. The molecule has 6 N–H and O–H groups in total. The number of ether oxygens (including phenoxy) is 1. The van der Waals surface area contributed by atoms with E-state index in [1.165, 1.54) is 22.7 Å². The summed E-state index contributed by atoms with van der Waals surface area (Å²) in [7, 11) is 1.57. The maximum atomic E-state index is 13.7. The van der Waals surface area contributed by atoms with Crippen molar-refractivity contribution in [2.45, 2.75) is 90.4 Å². The van der Waals surface area contributed by atoms with Gasteiger partial charge in [-0.2, -0.15) is 0 Å². The number of phenolic OH excluding ortho intramolecular Hbond substituents is 1. The predicted octanol–water partition coefficient (Wildman–Crippen LogP) is 3.25. The third kappa shape index (κ3) is 11.2. The van der Waals surface area contributed by atoms with Crippen LogP contribution >= 0.6 is 0 Å². The zero-order chi connectivity index (χ0) is 34.5. The van der Waals surface area contributed by atoms with Gasteiger partial charge in [-0.1, -0.05) is 76.2 Å². The van der Waals surface area contributed by atoms with Gasteiger partial charge in [-0.25, -0.2) is 5.43 Å². The molecule has 2 aromatic rings. The molecule has 1 fully saturated rings. The first-order valence-corrected chi connectivity index (χ1v) is 16.5. The van der Waals surface area contributed by atoms with Crippen molar-refractivity contribution < 1.29 is 29.0 Å². The van der Waals surface area contributed by atoms with Gasteiger partial charge in [-0.15, -0.1) is 0 Å². The van der Waals surface area contributed by atoms with Gasteiger partial charge in [0.05, 0.1) is 12.0 Å². The number of nitrogens with two attached hydrogens (primary N) is 1. The van der Waals surface area contributed by atoms with Crippen LogP contribution in [-0.4, -0.2) is 71.6 Å². The molecule has 0 bridgehead atoms. The second kappa shape index (κ2) is 18.2. The van der Waals surface area contributed by atoms with Crippen molar-refractivity contribution in [1.29, 1.82) is 0 Å². The number of nitrogens with one attached hydrogen (secondary N) is 3. The highest BCUT2D eigenvalue weighted by Gasteiger charge is 2.35. The molecule has 1 saturated heterocycles. The van der Waals surface area contributed by atoms with E-state index in [0.717, 1.165) is 12.0 Å². The lowest BCUT2D eigenvalue weighted by molar-refractivity contribution is -0.143. The third-order valence-corrected chi connectivity index (χ3v) is 8.57. The van der Waals surface area contributed by atoms with E-state index in [4.69, 9.17) is 10.5 Å². The van der Waals surface area contributed by atoms with E-state index < -0.39 is 41.8 Å². The van der Waals surface area contributed by atoms with Gasteiger partial charge in [0.15, 0.2) is 0 Å². The number of aromatic hydroxyl groups is 1. The second-order valence-corrected chi connectivity index (χ2v) is 12.5. The number of aryl methyl sites for hydroxylation is 1. The maximum absolute atomic E-state index is 13.7. The molecule has 0 spiro atoms. The minimum absolute atomic E-state index is 0.0279. The summed E-state index contributed by atoms with van der Waals surface area (Å²) in [5.74, 6) is -2.68. The fourth-order valence-electron chi connectivity index (χ4n) is 5.68. The van der Waals surface area contributed by atoms with E-state index in [-0.39, 0.29) is 30.1 Å². The quantitative estimate of drug-likeness (QED) is 0.186. The molecule has 3 rings (SSSR count). The Morgan fingerprint density at radius 3 is 2.45 bits per heavy atom. The van der Waals surface area contributed by atoms with Crippen molar-refractivity contribution in [1.82, 2.24) is 21.1 Å². The number of hydrazine groups is 1. The average molecular weight is 650 g/mol. The summed E-state index contributed by atoms with van der Waals surface area (Å²) in [5, 5.41) is 17.0. The SMILES string of the molecule is CCc1cccc(/C=C/CCC(OC)C(C)C(=O)NC(C(=O)NC(Cc2cccc(O)c2)C(=O)N2CCCC(C(N)=O)N2)C(C)C)c1. The highest BCUT2D eigenvalue weighted by molar-refractivity contribution is 5.93. The minimum Gasteiger partial charge on any atom is -0.508 e. The summed E-state index contributed by atoms with van der Waals surface area (Å²) in [6, 6.07) is 12.1. The molecule has 0 aliphatic carbocycles. The third-order valence-electron chi connectivity index (χ3n) is 8.57. The molecule has 0 saturated carbocycles. The molecule has 5 atom stereocenters. The van der Waals surface area contributed by atoms with Crippen LogP contribution in [0.2, 0.25) is 0 Å². The van der Waals surface area contributed by atoms with Crippen LogP contribution in [0.5, 0.6) is 5.75 Å². The molecule has 256 valence electrons. The normalized spacial score (nSPS) is 17.6. The smallest absolute Gasteiger partial charge is 0.259 e. The lowest BCUT2D eigenvalue weighted by Crippen LogP contribution is -2.62. The van der Waals surface area contributed by atoms with Crippen molar-refractivity contribution >= 4 is 29.7 Å². The molecule has 1 aliphatic rings. The number of amides is 4. The number of carbonyl (C=O) groups excluding carboxylic acids is 4. The van der Waals surface area contributed by atoms with Crippen LogP contribution in [-0.2, 0) is 36.8 Å². The van der Waals surface area contributed by atoms with Crippen LogP contribution in [0.25, 0.3) is 6.08 Å². The molecule has 5 unspecified atom stereocenters. The molecule has 0 aromatic heterocycles. The maximum Gasteiger partial charge on any atom is 0.259 e. The summed E-state index contributed by atoms with van der Waals surface area (Å²) >= 11 is 0. The van der Waals surface area contributed by atoms with Gasteiger partial charge < -0.3 is 26.2 Å². The van der Waals surface area contributed by atoms with Crippen LogP contribution in [0.15, 0.2) is 54.6 Å². The summed E-state index contributed by atoms with van der Waals surface area (Å²) in [4.78, 5) is 52.7. The number of rotatable bonds is 16. The Labute approximate surface area is 278 Å². The van der Waals surface area contributed by atoms with Gasteiger partial charge in [0.2, 0.25) is 17.7 Å². The Bertz CT molecular complexity index is 1400. The number of allylic oxidation sites excluding steroid dienone is 1. The zero-order valence-electron chi connectivity index (χ0n) is 28.2. The average Bonchev–Trinajstić information content (AvgIpc) is 3.06. The Kier molecular flexibility index (Phi) is 14.4. The van der Waals surface area contributed by atoms with Gasteiger partial charge in [0.25, 0.3) is 5.91 Å². The van der Waals surface area contributed by atoms with Gasteiger partial charge in [-0.05, 0) is 66.8 Å². The topological polar surface area (TPSA) is 163 Å². The highest BCUT2D eigenvalue weighted by Crippen LogP contribution is 2.18. The molecule has 11 nitrogen and oxygen atoms in total. The number of primary amides is 1. The molecular formula is C36H51N5O6. The molecule has 4 amide bonds. The van der Waals surface area contributed by atoms with Crippen molar-refractivity contribution in [3.8, 4) is 5.75 Å².